The fourth-order valence-corrected chi connectivity index (χ4v) is 3.94. The third-order valence-electron chi connectivity index (χ3n) is 5.42. The summed E-state index contributed by atoms with van der Waals surface area (Å²) in [6.45, 7) is 16.4. The lowest BCUT2D eigenvalue weighted by Crippen LogP contribution is -2.50. The Labute approximate surface area is 181 Å². The van der Waals surface area contributed by atoms with Crippen molar-refractivity contribution in [1.29, 1.82) is 0 Å². The van der Waals surface area contributed by atoms with Crippen LogP contribution in [0.3, 0.4) is 0 Å². The van der Waals surface area contributed by atoms with E-state index < -0.39 is 0 Å². The van der Waals surface area contributed by atoms with Crippen LogP contribution in [0.25, 0.3) is 0 Å². The van der Waals surface area contributed by atoms with Gasteiger partial charge in [0.1, 0.15) is 0 Å². The van der Waals surface area contributed by atoms with E-state index in [1.807, 2.05) is 0 Å². The Morgan fingerprint density at radius 2 is 1.87 bits per heavy atom. The zero-order chi connectivity index (χ0) is 21.2. The van der Waals surface area contributed by atoms with Gasteiger partial charge >= 0.3 is 0 Å². The van der Waals surface area contributed by atoms with Crippen molar-refractivity contribution < 1.29 is 9.47 Å². The Morgan fingerprint density at radius 3 is 2.57 bits per heavy atom. The van der Waals surface area contributed by atoms with Gasteiger partial charge in [0.2, 0.25) is 0 Å². The summed E-state index contributed by atoms with van der Waals surface area (Å²) in [5.41, 5.74) is 2.47. The highest BCUT2D eigenvalue weighted by molar-refractivity contribution is 5.79. The number of anilines is 1. The Hall–Kier alpha value is -1.83. The number of ether oxygens (including phenoxy) is 2. The summed E-state index contributed by atoms with van der Waals surface area (Å²) >= 11 is 0. The van der Waals surface area contributed by atoms with Crippen molar-refractivity contribution in [2.24, 2.45) is 10.9 Å². The van der Waals surface area contributed by atoms with Crippen LogP contribution < -0.4 is 15.5 Å². The Morgan fingerprint density at radius 1 is 1.10 bits per heavy atom. The molecule has 1 atom stereocenters. The lowest BCUT2D eigenvalue weighted by molar-refractivity contribution is -0.0284. The molecule has 168 valence electrons. The zero-order valence-electron chi connectivity index (χ0n) is 18.9. The van der Waals surface area contributed by atoms with Crippen LogP contribution in [-0.4, -0.2) is 82.6 Å². The number of nitrogens with one attached hydrogen (secondary N) is 2. The summed E-state index contributed by atoms with van der Waals surface area (Å²) in [4.78, 5) is 9.64. The van der Waals surface area contributed by atoms with Crippen molar-refractivity contribution >= 4 is 11.6 Å². The number of nitrogens with zero attached hydrogens (tertiary/aromatic N) is 3. The molecule has 3 rings (SSSR count). The molecule has 7 nitrogen and oxygen atoms in total. The molecule has 2 aliphatic heterocycles. The first-order valence-electron chi connectivity index (χ1n) is 11.4. The van der Waals surface area contributed by atoms with E-state index >= 15 is 0 Å². The molecular formula is C23H39N5O2. The summed E-state index contributed by atoms with van der Waals surface area (Å²) in [7, 11) is 0. The van der Waals surface area contributed by atoms with Crippen LogP contribution in [0, 0.1) is 5.92 Å². The largest absolute Gasteiger partial charge is 0.378 e. The molecule has 0 aromatic heterocycles. The molecule has 0 aliphatic carbocycles. The van der Waals surface area contributed by atoms with Crippen molar-refractivity contribution in [3.63, 3.8) is 0 Å². The summed E-state index contributed by atoms with van der Waals surface area (Å²) in [6.07, 6.45) is 0.203. The molecule has 2 heterocycles. The SMILES string of the molecule is CCNC(=NCc1ccc(N2CCOCC2)cc1)NCC1CN(CC(C)C)CCO1. The van der Waals surface area contributed by atoms with Crippen LogP contribution in [-0.2, 0) is 16.0 Å². The summed E-state index contributed by atoms with van der Waals surface area (Å²) < 4.78 is 11.4. The van der Waals surface area contributed by atoms with Gasteiger partial charge in [0.25, 0.3) is 0 Å². The van der Waals surface area contributed by atoms with Crippen molar-refractivity contribution in [2.75, 3.05) is 70.5 Å². The molecule has 1 aromatic carbocycles. The van der Waals surface area contributed by atoms with E-state index in [4.69, 9.17) is 14.5 Å². The van der Waals surface area contributed by atoms with E-state index in [0.717, 1.165) is 71.6 Å². The van der Waals surface area contributed by atoms with Gasteiger partial charge in [-0.2, -0.15) is 0 Å². The first-order valence-corrected chi connectivity index (χ1v) is 11.4. The Bertz CT molecular complexity index is 643. The number of hydrogen-bond acceptors (Lipinski definition) is 5. The highest BCUT2D eigenvalue weighted by Gasteiger charge is 2.21. The van der Waals surface area contributed by atoms with Crippen LogP contribution in [0.4, 0.5) is 5.69 Å². The van der Waals surface area contributed by atoms with Gasteiger partial charge in [0.05, 0.1) is 32.5 Å². The molecule has 2 N–H and O–H groups in total. The van der Waals surface area contributed by atoms with Gasteiger partial charge < -0.3 is 25.0 Å². The number of rotatable bonds is 8. The molecule has 0 saturated carbocycles. The third-order valence-corrected chi connectivity index (χ3v) is 5.42. The maximum absolute atomic E-state index is 5.95. The molecule has 0 bridgehead atoms. The monoisotopic (exact) mass is 417 g/mol. The van der Waals surface area contributed by atoms with Crippen LogP contribution in [0.2, 0.25) is 0 Å². The lowest BCUT2D eigenvalue weighted by Gasteiger charge is -2.34. The lowest BCUT2D eigenvalue weighted by atomic mass is 10.2. The fraction of sp³-hybridized carbons (Fsp3) is 0.696. The number of guanidine groups is 1. The van der Waals surface area contributed by atoms with E-state index in [9.17, 15) is 0 Å². The highest BCUT2D eigenvalue weighted by atomic mass is 16.5. The van der Waals surface area contributed by atoms with Crippen LogP contribution in [0.15, 0.2) is 29.3 Å². The molecule has 30 heavy (non-hydrogen) atoms. The summed E-state index contributed by atoms with van der Waals surface area (Å²) in [6, 6.07) is 8.73. The first-order chi connectivity index (χ1) is 14.6. The predicted octanol–water partition coefficient (Wildman–Crippen LogP) is 1.94. The van der Waals surface area contributed by atoms with Gasteiger partial charge in [0.15, 0.2) is 5.96 Å². The molecule has 2 aliphatic rings. The number of morpholine rings is 2. The van der Waals surface area contributed by atoms with E-state index in [1.165, 1.54) is 11.3 Å². The van der Waals surface area contributed by atoms with Gasteiger partial charge in [-0.15, -0.1) is 0 Å². The number of benzene rings is 1. The van der Waals surface area contributed by atoms with Crippen LogP contribution in [0.5, 0.6) is 0 Å². The van der Waals surface area contributed by atoms with Crippen molar-refractivity contribution in [3.05, 3.63) is 29.8 Å². The number of hydrogen-bond donors (Lipinski definition) is 2. The maximum atomic E-state index is 5.95. The van der Waals surface area contributed by atoms with Crippen molar-refractivity contribution in [2.45, 2.75) is 33.4 Å². The van der Waals surface area contributed by atoms with Crippen molar-refractivity contribution in [3.8, 4) is 0 Å². The molecular weight excluding hydrogens is 378 g/mol. The Balaban J connectivity index is 1.49. The minimum absolute atomic E-state index is 0.203. The molecule has 1 aromatic rings. The smallest absolute Gasteiger partial charge is 0.191 e. The second kappa shape index (κ2) is 12.1. The second-order valence-corrected chi connectivity index (χ2v) is 8.49. The highest BCUT2D eigenvalue weighted by Crippen LogP contribution is 2.17. The summed E-state index contributed by atoms with van der Waals surface area (Å²) in [5.74, 6) is 1.53. The Kier molecular flexibility index (Phi) is 9.24. The predicted molar refractivity (Wildman–Crippen MR) is 123 cm³/mol. The van der Waals surface area contributed by atoms with Crippen LogP contribution in [0.1, 0.15) is 26.3 Å². The van der Waals surface area contributed by atoms with Gasteiger partial charge in [-0.25, -0.2) is 4.99 Å². The van der Waals surface area contributed by atoms with E-state index in [2.05, 4.69) is 65.5 Å². The average Bonchev–Trinajstić information content (AvgIpc) is 2.76. The normalized spacial score (nSPS) is 21.1. The quantitative estimate of drug-likeness (QED) is 0.498. The minimum atomic E-state index is 0.203. The van der Waals surface area contributed by atoms with Gasteiger partial charge in [-0.05, 0) is 30.5 Å². The topological polar surface area (TPSA) is 61.4 Å². The maximum Gasteiger partial charge on any atom is 0.191 e. The van der Waals surface area contributed by atoms with Crippen LogP contribution >= 0.6 is 0 Å². The molecule has 2 saturated heterocycles. The molecule has 0 radical (unpaired) electrons. The summed E-state index contributed by atoms with van der Waals surface area (Å²) in [5, 5.41) is 6.81. The fourth-order valence-electron chi connectivity index (χ4n) is 3.94. The number of aliphatic imine (C=N–C) groups is 1. The molecule has 7 heteroatoms. The molecule has 0 spiro atoms. The average molecular weight is 418 g/mol. The molecule has 1 unspecified atom stereocenters. The molecule has 0 amide bonds. The molecule has 2 fully saturated rings. The minimum Gasteiger partial charge on any atom is -0.378 e. The van der Waals surface area contributed by atoms with E-state index in [-0.39, 0.29) is 6.10 Å². The standard InChI is InChI=1S/C23H39N5O2/c1-4-24-23(26-16-22-18-27(9-14-30-22)17-19(2)3)25-15-20-5-7-21(8-6-20)28-10-12-29-13-11-28/h5-8,19,22H,4,9-18H2,1-3H3,(H2,24,25,26). The van der Waals surface area contributed by atoms with E-state index in [0.29, 0.717) is 12.5 Å². The van der Waals surface area contributed by atoms with Gasteiger partial charge in [0, 0.05) is 51.5 Å². The van der Waals surface area contributed by atoms with Gasteiger partial charge in [-0.1, -0.05) is 26.0 Å². The second-order valence-electron chi connectivity index (χ2n) is 8.49. The van der Waals surface area contributed by atoms with E-state index in [1.54, 1.807) is 0 Å². The third kappa shape index (κ3) is 7.45. The van der Waals surface area contributed by atoms with Crippen molar-refractivity contribution in [1.82, 2.24) is 15.5 Å². The zero-order valence-corrected chi connectivity index (χ0v) is 18.9. The first kappa shape index (κ1) is 22.8. The van der Waals surface area contributed by atoms with Gasteiger partial charge in [-0.3, -0.25) is 4.90 Å².